The van der Waals surface area contributed by atoms with E-state index in [0.717, 1.165) is 45.1 Å². The first-order valence-corrected chi connectivity index (χ1v) is 9.97. The average molecular weight is 399 g/mol. The van der Waals surface area contributed by atoms with Crippen LogP contribution >= 0.6 is 0 Å². The molecule has 4 aromatic rings. The lowest BCUT2D eigenvalue weighted by atomic mass is 10.1. The first-order valence-electron chi connectivity index (χ1n) is 9.97. The molecule has 1 aromatic carbocycles. The van der Waals surface area contributed by atoms with Crippen LogP contribution in [0.1, 0.15) is 11.3 Å². The topological polar surface area (TPSA) is 64.9 Å². The molecular formula is C24H25N5O. The second-order valence-corrected chi connectivity index (χ2v) is 7.09. The Morgan fingerprint density at radius 3 is 2.50 bits per heavy atom. The summed E-state index contributed by atoms with van der Waals surface area (Å²) in [5, 5.41) is 7.68. The van der Waals surface area contributed by atoms with E-state index in [9.17, 15) is 0 Å². The smallest absolute Gasteiger partial charge is 0.137 e. The Balaban J connectivity index is 1.38. The molecule has 30 heavy (non-hydrogen) atoms. The summed E-state index contributed by atoms with van der Waals surface area (Å²) in [7, 11) is 1.92. The highest BCUT2D eigenvalue weighted by Crippen LogP contribution is 2.30. The van der Waals surface area contributed by atoms with Crippen molar-refractivity contribution in [1.29, 1.82) is 0 Å². The van der Waals surface area contributed by atoms with E-state index in [1.807, 2.05) is 67.6 Å². The second kappa shape index (κ2) is 8.78. The highest BCUT2D eigenvalue weighted by molar-refractivity contribution is 5.77. The fourth-order valence-electron chi connectivity index (χ4n) is 3.37. The van der Waals surface area contributed by atoms with Crippen LogP contribution in [0.5, 0.6) is 5.75 Å². The van der Waals surface area contributed by atoms with E-state index in [1.54, 1.807) is 6.20 Å². The number of aryl methyl sites for hydroxylation is 1. The molecule has 152 valence electrons. The summed E-state index contributed by atoms with van der Waals surface area (Å²) in [5.74, 6) is 0.733. The quantitative estimate of drug-likeness (QED) is 0.486. The van der Waals surface area contributed by atoms with E-state index in [-0.39, 0.29) is 0 Å². The third kappa shape index (κ3) is 4.17. The molecule has 3 aromatic heterocycles. The lowest BCUT2D eigenvalue weighted by molar-refractivity contribution is 0.290. The van der Waals surface area contributed by atoms with Gasteiger partial charge in [0.25, 0.3) is 0 Å². The molecule has 0 spiro atoms. The molecule has 6 nitrogen and oxygen atoms in total. The van der Waals surface area contributed by atoms with Crippen molar-refractivity contribution in [3.8, 4) is 28.1 Å². The molecule has 4 rings (SSSR count). The van der Waals surface area contributed by atoms with Crippen LogP contribution in [0.15, 0.2) is 67.3 Å². The van der Waals surface area contributed by atoms with Gasteiger partial charge in [-0.2, -0.15) is 5.10 Å². The molecule has 0 aliphatic heterocycles. The molecule has 3 heterocycles. The first-order chi connectivity index (χ1) is 14.7. The molecule has 0 atom stereocenters. The van der Waals surface area contributed by atoms with Crippen LogP contribution in [0, 0.1) is 13.8 Å². The standard InChI is InChI=1S/C24H25N5O/c1-17-18(2)26-15-22(24(17)25-3)23-10-9-21(14-27-23)30-12-11-29-16-20(13-28-29)19-7-5-4-6-8-19/h4-10,13-16H,11-12H2,1-3H3,(H,25,26). The third-order valence-corrected chi connectivity index (χ3v) is 5.17. The SMILES string of the molecule is CNc1c(-c2ccc(OCCn3cc(-c4ccccc4)cn3)cn2)cnc(C)c1C. The summed E-state index contributed by atoms with van der Waals surface area (Å²) < 4.78 is 7.75. The highest BCUT2D eigenvalue weighted by atomic mass is 16.5. The molecule has 0 saturated carbocycles. The number of nitrogens with one attached hydrogen (secondary N) is 1. The average Bonchev–Trinajstić information content (AvgIpc) is 3.26. The van der Waals surface area contributed by atoms with Gasteiger partial charge in [0.05, 0.1) is 24.6 Å². The summed E-state index contributed by atoms with van der Waals surface area (Å²) in [5.41, 5.74) is 7.30. The van der Waals surface area contributed by atoms with Gasteiger partial charge in [0.1, 0.15) is 12.4 Å². The molecule has 0 fully saturated rings. The molecule has 0 saturated heterocycles. The number of nitrogens with zero attached hydrogens (tertiary/aromatic N) is 4. The third-order valence-electron chi connectivity index (χ3n) is 5.17. The van der Waals surface area contributed by atoms with Crippen LogP contribution in [0.2, 0.25) is 0 Å². The number of anilines is 1. The largest absolute Gasteiger partial charge is 0.490 e. The summed E-state index contributed by atoms with van der Waals surface area (Å²) in [4.78, 5) is 9.04. The van der Waals surface area contributed by atoms with Gasteiger partial charge in [-0.3, -0.25) is 14.6 Å². The van der Waals surface area contributed by atoms with Crippen LogP contribution in [0.3, 0.4) is 0 Å². The van der Waals surface area contributed by atoms with Crippen LogP contribution in [0.25, 0.3) is 22.4 Å². The van der Waals surface area contributed by atoms with Crippen molar-refractivity contribution in [3.63, 3.8) is 0 Å². The predicted octanol–water partition coefficient (Wildman–Crippen LogP) is 4.74. The Kier molecular flexibility index (Phi) is 5.75. The highest BCUT2D eigenvalue weighted by Gasteiger charge is 2.11. The van der Waals surface area contributed by atoms with Crippen LogP contribution in [-0.2, 0) is 6.54 Å². The monoisotopic (exact) mass is 399 g/mol. The number of pyridine rings is 2. The van der Waals surface area contributed by atoms with Gasteiger partial charge in [-0.15, -0.1) is 0 Å². The van der Waals surface area contributed by atoms with Crippen molar-refractivity contribution in [3.05, 3.63) is 78.5 Å². The van der Waals surface area contributed by atoms with E-state index in [1.165, 1.54) is 0 Å². The predicted molar refractivity (Wildman–Crippen MR) is 120 cm³/mol. The van der Waals surface area contributed by atoms with E-state index in [0.29, 0.717) is 13.2 Å². The van der Waals surface area contributed by atoms with Gasteiger partial charge in [-0.05, 0) is 37.1 Å². The van der Waals surface area contributed by atoms with Crippen molar-refractivity contribution in [1.82, 2.24) is 19.7 Å². The van der Waals surface area contributed by atoms with Crippen molar-refractivity contribution < 1.29 is 4.74 Å². The summed E-state index contributed by atoms with van der Waals surface area (Å²) >= 11 is 0. The zero-order valence-corrected chi connectivity index (χ0v) is 17.5. The molecule has 0 aliphatic rings. The number of ether oxygens (including phenoxy) is 1. The minimum absolute atomic E-state index is 0.518. The maximum absolute atomic E-state index is 5.86. The second-order valence-electron chi connectivity index (χ2n) is 7.09. The van der Waals surface area contributed by atoms with E-state index in [2.05, 4.69) is 39.4 Å². The number of benzene rings is 1. The van der Waals surface area contributed by atoms with Crippen molar-refractivity contribution in [2.24, 2.45) is 0 Å². The van der Waals surface area contributed by atoms with Gasteiger partial charge in [0, 0.05) is 41.9 Å². The van der Waals surface area contributed by atoms with Crippen molar-refractivity contribution >= 4 is 5.69 Å². The molecular weight excluding hydrogens is 374 g/mol. The van der Waals surface area contributed by atoms with Gasteiger partial charge in [-0.1, -0.05) is 30.3 Å². The Morgan fingerprint density at radius 1 is 0.933 bits per heavy atom. The zero-order valence-electron chi connectivity index (χ0n) is 17.5. The van der Waals surface area contributed by atoms with E-state index >= 15 is 0 Å². The van der Waals surface area contributed by atoms with Crippen molar-refractivity contribution in [2.75, 3.05) is 19.0 Å². The molecule has 0 bridgehead atoms. The maximum atomic E-state index is 5.86. The normalized spacial score (nSPS) is 10.8. The summed E-state index contributed by atoms with van der Waals surface area (Å²) in [6.45, 7) is 5.25. The van der Waals surface area contributed by atoms with E-state index < -0.39 is 0 Å². The lowest BCUT2D eigenvalue weighted by Crippen LogP contribution is -2.08. The molecule has 0 unspecified atom stereocenters. The fourth-order valence-corrected chi connectivity index (χ4v) is 3.37. The number of hydrogen-bond donors (Lipinski definition) is 1. The minimum Gasteiger partial charge on any atom is -0.490 e. The maximum Gasteiger partial charge on any atom is 0.137 e. The molecule has 6 heteroatoms. The van der Waals surface area contributed by atoms with E-state index in [4.69, 9.17) is 4.74 Å². The first kappa shape index (κ1) is 19.6. The van der Waals surface area contributed by atoms with Crippen LogP contribution in [0.4, 0.5) is 5.69 Å². The summed E-state index contributed by atoms with van der Waals surface area (Å²) in [6.07, 6.45) is 7.52. The number of rotatable bonds is 7. The molecule has 1 N–H and O–H groups in total. The molecule has 0 aliphatic carbocycles. The van der Waals surface area contributed by atoms with Gasteiger partial charge < -0.3 is 10.1 Å². The molecule has 0 radical (unpaired) electrons. The Bertz CT molecular complexity index is 1120. The van der Waals surface area contributed by atoms with Gasteiger partial charge in [0.15, 0.2) is 0 Å². The fraction of sp³-hybridized carbons (Fsp3) is 0.208. The summed E-state index contributed by atoms with van der Waals surface area (Å²) in [6, 6.07) is 14.1. The Hall–Kier alpha value is -3.67. The van der Waals surface area contributed by atoms with Crippen LogP contribution in [-0.4, -0.2) is 33.4 Å². The lowest BCUT2D eigenvalue weighted by Gasteiger charge is -2.13. The minimum atomic E-state index is 0.518. The van der Waals surface area contributed by atoms with Gasteiger partial charge in [-0.25, -0.2) is 0 Å². The number of hydrogen-bond acceptors (Lipinski definition) is 5. The van der Waals surface area contributed by atoms with Crippen LogP contribution < -0.4 is 10.1 Å². The Labute approximate surface area is 176 Å². The molecule has 0 amide bonds. The van der Waals surface area contributed by atoms with Gasteiger partial charge >= 0.3 is 0 Å². The van der Waals surface area contributed by atoms with Gasteiger partial charge in [0.2, 0.25) is 0 Å². The zero-order chi connectivity index (χ0) is 20.9. The Morgan fingerprint density at radius 2 is 1.77 bits per heavy atom. The number of aromatic nitrogens is 4. The van der Waals surface area contributed by atoms with Crippen molar-refractivity contribution in [2.45, 2.75) is 20.4 Å².